The monoisotopic (exact) mass is 451 g/mol. The van der Waals surface area contributed by atoms with Gasteiger partial charge in [-0.25, -0.2) is 0 Å². The number of ether oxygens (including phenoxy) is 2. The Labute approximate surface area is 195 Å². The average Bonchev–Trinajstić information content (AvgIpc) is 3.03. The van der Waals surface area contributed by atoms with Crippen LogP contribution in [0, 0.1) is 6.92 Å². The summed E-state index contributed by atoms with van der Waals surface area (Å²) in [4.78, 5) is 27.6. The molecule has 1 heterocycles. The van der Waals surface area contributed by atoms with Crippen molar-refractivity contribution in [3.63, 3.8) is 0 Å². The molecule has 1 atom stereocenters. The zero-order chi connectivity index (χ0) is 24.1. The van der Waals surface area contributed by atoms with E-state index in [1.807, 2.05) is 58.9 Å². The molecule has 6 nitrogen and oxygen atoms in total. The lowest BCUT2D eigenvalue weighted by Crippen LogP contribution is -2.30. The van der Waals surface area contributed by atoms with E-state index >= 15 is 0 Å². The van der Waals surface area contributed by atoms with Gasteiger partial charge >= 0.3 is 0 Å². The highest BCUT2D eigenvalue weighted by molar-refractivity contribution is 6.46. The number of rotatable bonds is 9. The molecule has 1 saturated heterocycles. The van der Waals surface area contributed by atoms with Crippen LogP contribution in [0.1, 0.15) is 63.3 Å². The minimum Gasteiger partial charge on any atom is -0.507 e. The van der Waals surface area contributed by atoms with Crippen LogP contribution in [0.5, 0.6) is 11.5 Å². The highest BCUT2D eigenvalue weighted by atomic mass is 16.5. The molecule has 1 fully saturated rings. The Hall–Kier alpha value is -3.28. The molecule has 1 N–H and O–H groups in total. The number of hydrogen-bond acceptors (Lipinski definition) is 5. The first-order valence-corrected chi connectivity index (χ1v) is 11.6. The SMILES string of the molecule is CCCCN1C(=O)C(=O)/C(=C(\O)c2ccc(OC(C)C)c(C)c2)C1c1ccc(OCC)cc1. The number of aryl methyl sites for hydroxylation is 1. The number of likely N-dealkylation sites (tertiary alicyclic amines) is 1. The first-order valence-electron chi connectivity index (χ1n) is 11.6. The molecule has 176 valence electrons. The lowest BCUT2D eigenvalue weighted by atomic mass is 9.94. The Balaban J connectivity index is 2.09. The van der Waals surface area contributed by atoms with Gasteiger partial charge in [-0.15, -0.1) is 0 Å². The highest BCUT2D eigenvalue weighted by Crippen LogP contribution is 2.40. The maximum atomic E-state index is 13.1. The summed E-state index contributed by atoms with van der Waals surface area (Å²) in [6.45, 7) is 10.7. The fraction of sp³-hybridized carbons (Fsp3) is 0.407. The van der Waals surface area contributed by atoms with Crippen molar-refractivity contribution in [2.75, 3.05) is 13.2 Å². The van der Waals surface area contributed by atoms with Crippen LogP contribution in [0.25, 0.3) is 5.76 Å². The molecular weight excluding hydrogens is 418 g/mol. The third-order valence-corrected chi connectivity index (χ3v) is 5.61. The number of amides is 1. The summed E-state index contributed by atoms with van der Waals surface area (Å²) < 4.78 is 11.3. The van der Waals surface area contributed by atoms with Gasteiger partial charge in [-0.1, -0.05) is 25.5 Å². The molecular formula is C27H33NO5. The van der Waals surface area contributed by atoms with Crippen molar-refractivity contribution in [3.05, 3.63) is 64.7 Å². The van der Waals surface area contributed by atoms with E-state index in [9.17, 15) is 14.7 Å². The summed E-state index contributed by atoms with van der Waals surface area (Å²) in [7, 11) is 0. The molecule has 0 spiro atoms. The van der Waals surface area contributed by atoms with E-state index in [1.165, 1.54) is 0 Å². The summed E-state index contributed by atoms with van der Waals surface area (Å²) in [6, 6.07) is 12.0. The van der Waals surface area contributed by atoms with Gasteiger partial charge in [-0.3, -0.25) is 9.59 Å². The van der Waals surface area contributed by atoms with Crippen molar-refractivity contribution in [2.45, 2.75) is 59.6 Å². The summed E-state index contributed by atoms with van der Waals surface area (Å²) in [6.07, 6.45) is 1.67. The van der Waals surface area contributed by atoms with Gasteiger partial charge in [0.25, 0.3) is 11.7 Å². The predicted molar refractivity (Wildman–Crippen MR) is 128 cm³/mol. The second-order valence-corrected chi connectivity index (χ2v) is 8.49. The fourth-order valence-corrected chi connectivity index (χ4v) is 4.04. The highest BCUT2D eigenvalue weighted by Gasteiger charge is 2.45. The third-order valence-electron chi connectivity index (χ3n) is 5.61. The molecule has 0 aromatic heterocycles. The van der Waals surface area contributed by atoms with Gasteiger partial charge in [0.1, 0.15) is 17.3 Å². The normalized spacial score (nSPS) is 17.6. The van der Waals surface area contributed by atoms with E-state index in [1.54, 1.807) is 23.1 Å². The quantitative estimate of drug-likeness (QED) is 0.314. The number of Topliss-reactive ketones (excluding diaryl/α,β-unsaturated/α-hetero) is 1. The Morgan fingerprint density at radius 3 is 2.36 bits per heavy atom. The van der Waals surface area contributed by atoms with Crippen LogP contribution < -0.4 is 9.47 Å². The Kier molecular flexibility index (Phi) is 7.79. The molecule has 1 amide bonds. The van der Waals surface area contributed by atoms with Gasteiger partial charge in [0, 0.05) is 12.1 Å². The van der Waals surface area contributed by atoms with Crippen LogP contribution in [-0.2, 0) is 9.59 Å². The zero-order valence-electron chi connectivity index (χ0n) is 20.1. The number of ketones is 1. The van der Waals surface area contributed by atoms with Crippen molar-refractivity contribution in [1.82, 2.24) is 4.90 Å². The van der Waals surface area contributed by atoms with Crippen molar-refractivity contribution in [1.29, 1.82) is 0 Å². The number of aliphatic hydroxyl groups excluding tert-OH is 1. The minimum absolute atomic E-state index is 0.0201. The van der Waals surface area contributed by atoms with Gasteiger partial charge in [0.05, 0.1) is 24.3 Å². The average molecular weight is 452 g/mol. The van der Waals surface area contributed by atoms with Crippen LogP contribution in [0.15, 0.2) is 48.0 Å². The summed E-state index contributed by atoms with van der Waals surface area (Å²) in [5.74, 6) is 0.00424. The zero-order valence-corrected chi connectivity index (χ0v) is 20.1. The first-order chi connectivity index (χ1) is 15.8. The van der Waals surface area contributed by atoms with Gasteiger partial charge in [0.2, 0.25) is 0 Å². The van der Waals surface area contributed by atoms with E-state index in [-0.39, 0.29) is 17.4 Å². The molecule has 2 aromatic carbocycles. The van der Waals surface area contributed by atoms with Crippen molar-refractivity contribution < 1.29 is 24.2 Å². The van der Waals surface area contributed by atoms with Crippen molar-refractivity contribution in [2.24, 2.45) is 0 Å². The molecule has 1 unspecified atom stereocenters. The summed E-state index contributed by atoms with van der Waals surface area (Å²) in [5.41, 5.74) is 2.18. The molecule has 0 bridgehead atoms. The molecule has 1 aliphatic heterocycles. The smallest absolute Gasteiger partial charge is 0.295 e. The van der Waals surface area contributed by atoms with Gasteiger partial charge < -0.3 is 19.5 Å². The molecule has 33 heavy (non-hydrogen) atoms. The molecule has 0 aliphatic carbocycles. The summed E-state index contributed by atoms with van der Waals surface area (Å²) >= 11 is 0. The number of unbranched alkanes of at least 4 members (excludes halogenated alkanes) is 1. The fourth-order valence-electron chi connectivity index (χ4n) is 4.04. The number of benzene rings is 2. The van der Waals surface area contributed by atoms with E-state index in [4.69, 9.17) is 9.47 Å². The van der Waals surface area contributed by atoms with Crippen LogP contribution in [-0.4, -0.2) is 41.0 Å². The maximum Gasteiger partial charge on any atom is 0.295 e. The lowest BCUT2D eigenvalue weighted by molar-refractivity contribution is -0.139. The number of carbonyl (C=O) groups excluding carboxylic acids is 2. The number of aliphatic hydroxyl groups is 1. The van der Waals surface area contributed by atoms with Crippen LogP contribution in [0.2, 0.25) is 0 Å². The Morgan fingerprint density at radius 1 is 1.09 bits per heavy atom. The summed E-state index contributed by atoms with van der Waals surface area (Å²) in [5, 5.41) is 11.2. The first kappa shape index (κ1) is 24.4. The molecule has 1 aliphatic rings. The standard InChI is InChI=1S/C27H33NO5/c1-6-8-15-28-24(19-9-12-21(13-10-19)32-7-2)23(26(30)27(28)31)25(29)20-11-14-22(18(5)16-20)33-17(3)4/h9-14,16-17,24,29H,6-8,15H2,1-5H3/b25-23-. The van der Waals surface area contributed by atoms with Gasteiger partial charge in [-0.05, 0) is 75.6 Å². The van der Waals surface area contributed by atoms with Crippen molar-refractivity contribution >= 4 is 17.4 Å². The molecule has 0 radical (unpaired) electrons. The van der Waals surface area contributed by atoms with Crippen molar-refractivity contribution in [3.8, 4) is 11.5 Å². The van der Waals surface area contributed by atoms with E-state index in [2.05, 4.69) is 0 Å². The van der Waals surface area contributed by atoms with E-state index in [0.717, 1.165) is 24.0 Å². The van der Waals surface area contributed by atoms with E-state index < -0.39 is 17.7 Å². The molecule has 6 heteroatoms. The maximum absolute atomic E-state index is 13.1. The Bertz CT molecular complexity index is 1040. The molecule has 0 saturated carbocycles. The van der Waals surface area contributed by atoms with Crippen LogP contribution in [0.4, 0.5) is 0 Å². The number of carbonyl (C=O) groups is 2. The van der Waals surface area contributed by atoms with Crippen LogP contribution >= 0.6 is 0 Å². The van der Waals surface area contributed by atoms with Gasteiger partial charge in [0.15, 0.2) is 0 Å². The third kappa shape index (κ3) is 5.21. The lowest BCUT2D eigenvalue weighted by Gasteiger charge is -2.25. The second kappa shape index (κ2) is 10.6. The number of nitrogens with zero attached hydrogens (tertiary/aromatic N) is 1. The van der Waals surface area contributed by atoms with Gasteiger partial charge in [-0.2, -0.15) is 0 Å². The number of hydrogen-bond donors (Lipinski definition) is 1. The largest absolute Gasteiger partial charge is 0.507 e. The van der Waals surface area contributed by atoms with Crippen LogP contribution in [0.3, 0.4) is 0 Å². The predicted octanol–water partition coefficient (Wildman–Crippen LogP) is 5.40. The Morgan fingerprint density at radius 2 is 1.79 bits per heavy atom. The van der Waals surface area contributed by atoms with E-state index in [0.29, 0.717) is 30.2 Å². The second-order valence-electron chi connectivity index (χ2n) is 8.49. The minimum atomic E-state index is -0.664. The molecule has 2 aromatic rings. The molecule has 3 rings (SSSR count). The topological polar surface area (TPSA) is 76.1 Å².